The molecule has 1 aromatic carbocycles. The van der Waals surface area contributed by atoms with Crippen LogP contribution in [0.5, 0.6) is 0 Å². The Morgan fingerprint density at radius 3 is 2.35 bits per heavy atom. The maximum atomic E-state index is 12.7. The van der Waals surface area contributed by atoms with Crippen LogP contribution in [0, 0.1) is 10.1 Å². The Labute approximate surface area is 157 Å². The van der Waals surface area contributed by atoms with Crippen molar-refractivity contribution in [1.29, 1.82) is 0 Å². The van der Waals surface area contributed by atoms with Gasteiger partial charge >= 0.3 is 0 Å². The number of hydrogen-bond donors (Lipinski definition) is 0. The highest BCUT2D eigenvalue weighted by atomic mass is 35.5. The second-order valence-electron chi connectivity index (χ2n) is 6.05. The van der Waals surface area contributed by atoms with E-state index in [1.54, 1.807) is 9.80 Å². The molecule has 0 bridgehead atoms. The molecule has 0 aliphatic carbocycles. The quantitative estimate of drug-likeness (QED) is 0.553. The lowest BCUT2D eigenvalue weighted by Gasteiger charge is -2.35. The molecule has 1 aliphatic heterocycles. The summed E-state index contributed by atoms with van der Waals surface area (Å²) in [6.45, 7) is 7.47. The molecule has 1 aliphatic rings. The number of rotatable bonds is 6. The number of nitrogens with zero attached hydrogens (tertiary/aromatic N) is 4. The first-order valence-corrected chi connectivity index (χ1v) is 8.98. The molecule has 8 nitrogen and oxygen atoms in total. The summed E-state index contributed by atoms with van der Waals surface area (Å²) < 4.78 is 0. The van der Waals surface area contributed by atoms with Crippen LogP contribution in [0.1, 0.15) is 24.2 Å². The van der Waals surface area contributed by atoms with E-state index in [0.29, 0.717) is 45.8 Å². The summed E-state index contributed by atoms with van der Waals surface area (Å²) in [5, 5.41) is 11.4. The average molecular weight is 383 g/mol. The Kier molecular flexibility index (Phi) is 6.93. The molecule has 2 rings (SSSR count). The largest absolute Gasteiger partial charge is 0.342 e. The molecule has 1 saturated heterocycles. The Bertz CT molecular complexity index is 685. The molecule has 1 aromatic rings. The number of piperazine rings is 1. The lowest BCUT2D eigenvalue weighted by atomic mass is 10.1. The fourth-order valence-corrected chi connectivity index (χ4v) is 3.16. The molecule has 2 amide bonds. The van der Waals surface area contributed by atoms with E-state index in [4.69, 9.17) is 11.6 Å². The molecular weight excluding hydrogens is 360 g/mol. The molecular formula is C17H23ClN4O4. The van der Waals surface area contributed by atoms with Gasteiger partial charge in [0, 0.05) is 50.4 Å². The van der Waals surface area contributed by atoms with E-state index >= 15 is 0 Å². The number of likely N-dealkylation sites (N-methyl/N-ethyl adjacent to an activating group) is 1. The van der Waals surface area contributed by atoms with E-state index in [-0.39, 0.29) is 22.2 Å². The van der Waals surface area contributed by atoms with Crippen LogP contribution in [0.15, 0.2) is 18.2 Å². The van der Waals surface area contributed by atoms with Gasteiger partial charge in [0.15, 0.2) is 0 Å². The summed E-state index contributed by atoms with van der Waals surface area (Å²) >= 11 is 5.90. The molecule has 0 atom stereocenters. The zero-order valence-electron chi connectivity index (χ0n) is 15.0. The van der Waals surface area contributed by atoms with Gasteiger partial charge in [-0.1, -0.05) is 11.6 Å². The minimum atomic E-state index is -0.581. The van der Waals surface area contributed by atoms with Crippen LogP contribution in [0.3, 0.4) is 0 Å². The van der Waals surface area contributed by atoms with Crippen molar-refractivity contribution in [2.24, 2.45) is 0 Å². The Balaban J connectivity index is 2.00. The van der Waals surface area contributed by atoms with Gasteiger partial charge in [-0.3, -0.25) is 24.6 Å². The lowest BCUT2D eigenvalue weighted by molar-refractivity contribution is -0.385. The zero-order valence-corrected chi connectivity index (χ0v) is 15.7. The number of carbonyl (C=O) groups is 2. The first-order chi connectivity index (χ1) is 12.4. The number of benzene rings is 1. The Morgan fingerprint density at radius 2 is 1.81 bits per heavy atom. The third-order valence-electron chi connectivity index (χ3n) is 4.52. The van der Waals surface area contributed by atoms with E-state index in [1.165, 1.54) is 18.2 Å². The molecule has 0 saturated carbocycles. The highest BCUT2D eigenvalue weighted by Crippen LogP contribution is 2.24. The predicted octanol–water partition coefficient (Wildman–Crippen LogP) is 1.87. The van der Waals surface area contributed by atoms with Crippen molar-refractivity contribution in [3.8, 4) is 0 Å². The second kappa shape index (κ2) is 8.95. The maximum absolute atomic E-state index is 12.7. The highest BCUT2D eigenvalue weighted by Gasteiger charge is 2.28. The van der Waals surface area contributed by atoms with E-state index in [9.17, 15) is 19.7 Å². The summed E-state index contributed by atoms with van der Waals surface area (Å²) in [6.07, 6.45) is 0. The molecule has 0 unspecified atom stereocenters. The standard InChI is InChI=1S/C17H23ClN4O4/c1-3-20(4-2)16(23)12-19-7-9-21(10-8-19)17(24)14-11-13(18)5-6-15(14)22(25)26/h5-6,11H,3-4,7-10,12H2,1-2H3. The third-order valence-corrected chi connectivity index (χ3v) is 4.76. The molecule has 1 fully saturated rings. The van der Waals surface area contributed by atoms with Crippen molar-refractivity contribution >= 4 is 29.1 Å². The first-order valence-electron chi connectivity index (χ1n) is 8.60. The Hall–Kier alpha value is -2.19. The average Bonchev–Trinajstić information content (AvgIpc) is 2.62. The van der Waals surface area contributed by atoms with E-state index in [1.807, 2.05) is 18.7 Å². The van der Waals surface area contributed by atoms with Crippen LogP contribution in [-0.4, -0.2) is 77.3 Å². The van der Waals surface area contributed by atoms with Gasteiger partial charge in [0.2, 0.25) is 5.91 Å². The minimum Gasteiger partial charge on any atom is -0.342 e. The number of nitro groups is 1. The van der Waals surface area contributed by atoms with Gasteiger partial charge in [0.25, 0.3) is 11.6 Å². The van der Waals surface area contributed by atoms with Crippen LogP contribution in [-0.2, 0) is 4.79 Å². The van der Waals surface area contributed by atoms with Gasteiger partial charge < -0.3 is 9.80 Å². The second-order valence-corrected chi connectivity index (χ2v) is 6.49. The van der Waals surface area contributed by atoms with Gasteiger partial charge in [-0.2, -0.15) is 0 Å². The van der Waals surface area contributed by atoms with Crippen LogP contribution < -0.4 is 0 Å². The SMILES string of the molecule is CCN(CC)C(=O)CN1CCN(C(=O)c2cc(Cl)ccc2[N+](=O)[O-])CC1. The normalized spacial score (nSPS) is 15.0. The predicted molar refractivity (Wildman–Crippen MR) is 98.4 cm³/mol. The number of amides is 2. The molecule has 1 heterocycles. The number of hydrogen-bond acceptors (Lipinski definition) is 5. The maximum Gasteiger partial charge on any atom is 0.282 e. The summed E-state index contributed by atoms with van der Waals surface area (Å²) in [5.74, 6) is -0.339. The van der Waals surface area contributed by atoms with Gasteiger partial charge in [0.05, 0.1) is 11.5 Å². The minimum absolute atomic E-state index is 0.00447. The van der Waals surface area contributed by atoms with Crippen molar-refractivity contribution in [1.82, 2.24) is 14.7 Å². The van der Waals surface area contributed by atoms with Gasteiger partial charge in [-0.15, -0.1) is 0 Å². The Morgan fingerprint density at radius 1 is 1.19 bits per heavy atom. The van der Waals surface area contributed by atoms with Crippen LogP contribution >= 0.6 is 11.6 Å². The fraction of sp³-hybridized carbons (Fsp3) is 0.529. The zero-order chi connectivity index (χ0) is 19.3. The summed E-state index contributed by atoms with van der Waals surface area (Å²) in [4.78, 5) is 40.8. The molecule has 26 heavy (non-hydrogen) atoms. The monoisotopic (exact) mass is 382 g/mol. The summed E-state index contributed by atoms with van der Waals surface area (Å²) in [6, 6.07) is 3.97. The van der Waals surface area contributed by atoms with Gasteiger partial charge in [-0.05, 0) is 26.0 Å². The van der Waals surface area contributed by atoms with Crippen molar-refractivity contribution in [3.05, 3.63) is 38.9 Å². The molecule has 0 N–H and O–H groups in total. The van der Waals surface area contributed by atoms with Crippen LogP contribution in [0.25, 0.3) is 0 Å². The summed E-state index contributed by atoms with van der Waals surface area (Å²) in [7, 11) is 0. The first kappa shape index (κ1) is 20.1. The van der Waals surface area contributed by atoms with Crippen molar-refractivity contribution < 1.29 is 14.5 Å². The molecule has 0 radical (unpaired) electrons. The van der Waals surface area contributed by atoms with Gasteiger partial charge in [0.1, 0.15) is 5.56 Å². The van der Waals surface area contributed by atoms with Crippen molar-refractivity contribution in [2.45, 2.75) is 13.8 Å². The number of nitro benzene ring substituents is 1. The van der Waals surface area contributed by atoms with Gasteiger partial charge in [-0.25, -0.2) is 0 Å². The smallest absolute Gasteiger partial charge is 0.282 e. The third kappa shape index (κ3) is 4.70. The molecule has 142 valence electrons. The number of halogens is 1. The van der Waals surface area contributed by atoms with Crippen LogP contribution in [0.2, 0.25) is 5.02 Å². The lowest BCUT2D eigenvalue weighted by Crippen LogP contribution is -2.51. The topological polar surface area (TPSA) is 87.0 Å². The molecule has 0 spiro atoms. The fourth-order valence-electron chi connectivity index (χ4n) is 2.99. The van der Waals surface area contributed by atoms with Crippen LogP contribution in [0.4, 0.5) is 5.69 Å². The number of carbonyl (C=O) groups excluding carboxylic acids is 2. The molecule has 0 aromatic heterocycles. The highest BCUT2D eigenvalue weighted by molar-refractivity contribution is 6.31. The summed E-state index contributed by atoms with van der Waals surface area (Å²) in [5.41, 5.74) is -0.256. The van der Waals surface area contributed by atoms with Crippen molar-refractivity contribution in [3.63, 3.8) is 0 Å². The van der Waals surface area contributed by atoms with E-state index in [2.05, 4.69) is 0 Å². The molecule has 9 heteroatoms. The van der Waals surface area contributed by atoms with Crippen molar-refractivity contribution in [2.75, 3.05) is 45.8 Å². The van der Waals surface area contributed by atoms with E-state index < -0.39 is 10.8 Å². The van der Waals surface area contributed by atoms with E-state index in [0.717, 1.165) is 0 Å².